The van der Waals surface area contributed by atoms with Gasteiger partial charge >= 0.3 is 0 Å². The summed E-state index contributed by atoms with van der Waals surface area (Å²) in [7, 11) is -3.35. The van der Waals surface area contributed by atoms with Crippen LogP contribution in [0, 0.1) is 0 Å². The molecule has 0 aliphatic rings. The highest BCUT2D eigenvalue weighted by molar-refractivity contribution is 7.92. The topological polar surface area (TPSA) is 59.3 Å². The highest BCUT2D eigenvalue weighted by Crippen LogP contribution is 2.18. The molecular weight excluding hydrogens is 298 g/mol. The lowest BCUT2D eigenvalue weighted by atomic mass is 10.4. The molecule has 1 N–H and O–H groups in total. The molecule has 0 bridgehead atoms. The van der Waals surface area contributed by atoms with E-state index >= 15 is 0 Å². The van der Waals surface area contributed by atoms with Gasteiger partial charge in [-0.05, 0) is 43.3 Å². The summed E-state index contributed by atoms with van der Waals surface area (Å²) < 4.78 is 29.8. The van der Waals surface area contributed by atoms with Gasteiger partial charge in [-0.2, -0.15) is 0 Å². The molecule has 4 nitrogen and oxygen atoms in total. The fourth-order valence-electron chi connectivity index (χ4n) is 1.78. The van der Waals surface area contributed by atoms with Gasteiger partial charge in [0.15, 0.2) is 9.84 Å². The standard InChI is InChI=1S/C14H16ClNO3S/c1-11(9-16-10-13-3-2-8-19-13)20(17,18)14-6-4-12(15)5-7-14/h2-8,11,16H,9-10H2,1H3. The fraction of sp³-hybridized carbons (Fsp3) is 0.286. The molecule has 20 heavy (non-hydrogen) atoms. The molecule has 1 heterocycles. The maximum atomic E-state index is 12.3. The molecule has 0 aliphatic carbocycles. The fourth-order valence-corrected chi connectivity index (χ4v) is 3.22. The first-order valence-corrected chi connectivity index (χ1v) is 8.15. The third kappa shape index (κ3) is 3.62. The van der Waals surface area contributed by atoms with Gasteiger partial charge in [-0.25, -0.2) is 8.42 Å². The van der Waals surface area contributed by atoms with Crippen molar-refractivity contribution in [3.63, 3.8) is 0 Å². The molecule has 2 aromatic rings. The van der Waals surface area contributed by atoms with Crippen molar-refractivity contribution in [1.82, 2.24) is 5.32 Å². The van der Waals surface area contributed by atoms with Gasteiger partial charge in [0, 0.05) is 11.6 Å². The number of sulfone groups is 1. The summed E-state index contributed by atoms with van der Waals surface area (Å²) in [6.45, 7) is 2.54. The molecule has 0 spiro atoms. The molecule has 2 rings (SSSR count). The van der Waals surface area contributed by atoms with Crippen LogP contribution in [0.25, 0.3) is 0 Å². The summed E-state index contributed by atoms with van der Waals surface area (Å²) in [5, 5.41) is 3.07. The molecule has 0 saturated carbocycles. The Morgan fingerprint density at radius 1 is 1.25 bits per heavy atom. The van der Waals surface area contributed by atoms with Crippen molar-refractivity contribution in [3.8, 4) is 0 Å². The second-order valence-electron chi connectivity index (χ2n) is 4.52. The lowest BCUT2D eigenvalue weighted by Gasteiger charge is -2.13. The molecule has 0 radical (unpaired) electrons. The maximum absolute atomic E-state index is 12.3. The molecule has 1 unspecified atom stereocenters. The summed E-state index contributed by atoms with van der Waals surface area (Å²) >= 11 is 5.76. The number of hydrogen-bond donors (Lipinski definition) is 1. The number of benzene rings is 1. The van der Waals surface area contributed by atoms with Gasteiger partial charge in [-0.1, -0.05) is 11.6 Å². The van der Waals surface area contributed by atoms with E-state index in [0.29, 0.717) is 18.1 Å². The van der Waals surface area contributed by atoms with Crippen LogP contribution in [0.15, 0.2) is 52.0 Å². The zero-order valence-electron chi connectivity index (χ0n) is 11.0. The highest BCUT2D eigenvalue weighted by atomic mass is 35.5. The Morgan fingerprint density at radius 2 is 1.95 bits per heavy atom. The van der Waals surface area contributed by atoms with Crippen molar-refractivity contribution in [3.05, 3.63) is 53.4 Å². The normalized spacial score (nSPS) is 13.3. The molecule has 108 valence electrons. The van der Waals surface area contributed by atoms with Gasteiger partial charge in [0.2, 0.25) is 0 Å². The van der Waals surface area contributed by atoms with Crippen LogP contribution >= 0.6 is 11.6 Å². The smallest absolute Gasteiger partial charge is 0.182 e. The lowest BCUT2D eigenvalue weighted by Crippen LogP contribution is -2.30. The van der Waals surface area contributed by atoms with E-state index in [0.717, 1.165) is 5.76 Å². The second kappa shape index (κ2) is 6.43. The van der Waals surface area contributed by atoms with Crippen molar-refractivity contribution in [1.29, 1.82) is 0 Å². The van der Waals surface area contributed by atoms with Crippen molar-refractivity contribution in [2.45, 2.75) is 23.6 Å². The first-order chi connectivity index (χ1) is 9.50. The van der Waals surface area contributed by atoms with E-state index < -0.39 is 15.1 Å². The van der Waals surface area contributed by atoms with E-state index in [-0.39, 0.29) is 4.90 Å². The predicted molar refractivity (Wildman–Crippen MR) is 78.5 cm³/mol. The van der Waals surface area contributed by atoms with Gasteiger partial charge in [0.05, 0.1) is 23.0 Å². The molecule has 1 atom stereocenters. The Kier molecular flexibility index (Phi) is 4.86. The monoisotopic (exact) mass is 313 g/mol. The molecule has 0 amide bonds. The third-order valence-electron chi connectivity index (χ3n) is 2.98. The van der Waals surface area contributed by atoms with E-state index in [1.165, 1.54) is 12.1 Å². The molecule has 1 aromatic heterocycles. The average molecular weight is 314 g/mol. The van der Waals surface area contributed by atoms with Gasteiger partial charge in [0.25, 0.3) is 0 Å². The third-order valence-corrected chi connectivity index (χ3v) is 5.39. The summed E-state index contributed by atoms with van der Waals surface area (Å²) in [5.41, 5.74) is 0. The Morgan fingerprint density at radius 3 is 2.55 bits per heavy atom. The summed E-state index contributed by atoms with van der Waals surface area (Å²) in [6.07, 6.45) is 1.59. The molecule has 1 aromatic carbocycles. The van der Waals surface area contributed by atoms with Crippen LogP contribution in [0.3, 0.4) is 0 Å². The first-order valence-electron chi connectivity index (χ1n) is 6.22. The minimum Gasteiger partial charge on any atom is -0.468 e. The SMILES string of the molecule is CC(CNCc1ccco1)S(=O)(=O)c1ccc(Cl)cc1. The van der Waals surface area contributed by atoms with Crippen molar-refractivity contribution in [2.75, 3.05) is 6.54 Å². The predicted octanol–water partition coefficient (Wildman–Crippen LogP) is 2.89. The molecule has 0 fully saturated rings. The van der Waals surface area contributed by atoms with E-state index in [4.69, 9.17) is 16.0 Å². The summed E-state index contributed by atoms with van der Waals surface area (Å²) in [6, 6.07) is 9.85. The van der Waals surface area contributed by atoms with Gasteiger partial charge < -0.3 is 9.73 Å². The zero-order chi connectivity index (χ0) is 14.6. The van der Waals surface area contributed by atoms with E-state index in [1.54, 1.807) is 31.4 Å². The van der Waals surface area contributed by atoms with Crippen LogP contribution in [-0.2, 0) is 16.4 Å². The maximum Gasteiger partial charge on any atom is 0.182 e. The Bertz CT molecular complexity index is 636. The number of furan rings is 1. The van der Waals surface area contributed by atoms with Crippen LogP contribution in [0.5, 0.6) is 0 Å². The van der Waals surface area contributed by atoms with Crippen LogP contribution in [-0.4, -0.2) is 20.2 Å². The van der Waals surface area contributed by atoms with Gasteiger partial charge in [-0.3, -0.25) is 0 Å². The van der Waals surface area contributed by atoms with Crippen molar-refractivity contribution >= 4 is 21.4 Å². The number of halogens is 1. The lowest BCUT2D eigenvalue weighted by molar-refractivity contribution is 0.481. The molecular formula is C14H16ClNO3S. The summed E-state index contributed by atoms with van der Waals surface area (Å²) in [4.78, 5) is 0.286. The Hall–Kier alpha value is -1.30. The van der Waals surface area contributed by atoms with E-state index in [2.05, 4.69) is 5.32 Å². The molecule has 0 aliphatic heterocycles. The second-order valence-corrected chi connectivity index (χ2v) is 7.32. The number of rotatable bonds is 6. The van der Waals surface area contributed by atoms with Gasteiger partial charge in [0.1, 0.15) is 5.76 Å². The minimum atomic E-state index is -3.35. The van der Waals surface area contributed by atoms with Crippen molar-refractivity contribution < 1.29 is 12.8 Å². The highest BCUT2D eigenvalue weighted by Gasteiger charge is 2.22. The first kappa shape index (κ1) is 15.1. The largest absolute Gasteiger partial charge is 0.468 e. The number of nitrogens with one attached hydrogen (secondary N) is 1. The van der Waals surface area contributed by atoms with Crippen LogP contribution in [0.4, 0.5) is 0 Å². The Labute approximate surface area is 123 Å². The average Bonchev–Trinajstić information content (AvgIpc) is 2.92. The van der Waals surface area contributed by atoms with E-state index in [9.17, 15) is 8.42 Å². The summed E-state index contributed by atoms with van der Waals surface area (Å²) in [5.74, 6) is 0.779. The quantitative estimate of drug-likeness (QED) is 0.891. The van der Waals surface area contributed by atoms with Crippen LogP contribution in [0.2, 0.25) is 5.02 Å². The molecule has 0 saturated heterocycles. The molecule has 6 heteroatoms. The Balaban J connectivity index is 1.96. The number of hydrogen-bond acceptors (Lipinski definition) is 4. The zero-order valence-corrected chi connectivity index (χ0v) is 12.6. The van der Waals surface area contributed by atoms with Crippen molar-refractivity contribution in [2.24, 2.45) is 0 Å². The van der Waals surface area contributed by atoms with Gasteiger partial charge in [-0.15, -0.1) is 0 Å². The van der Waals surface area contributed by atoms with Crippen LogP contribution in [0.1, 0.15) is 12.7 Å². The minimum absolute atomic E-state index is 0.286. The van der Waals surface area contributed by atoms with E-state index in [1.807, 2.05) is 6.07 Å². The van der Waals surface area contributed by atoms with Crippen LogP contribution < -0.4 is 5.32 Å².